The van der Waals surface area contributed by atoms with Crippen LogP contribution in [0.25, 0.3) is 0 Å². The maximum absolute atomic E-state index is 13.2. The van der Waals surface area contributed by atoms with E-state index in [1.165, 1.54) is 30.8 Å². The highest BCUT2D eigenvalue weighted by Crippen LogP contribution is 2.25. The summed E-state index contributed by atoms with van der Waals surface area (Å²) in [6.07, 6.45) is 0. The largest absolute Gasteiger partial charge is 0.355 e. The minimum Gasteiger partial charge on any atom is -0.355 e. The second kappa shape index (κ2) is 10.3. The molecule has 1 aliphatic heterocycles. The predicted molar refractivity (Wildman–Crippen MR) is 135 cm³/mol. The van der Waals surface area contributed by atoms with Crippen molar-refractivity contribution in [2.45, 2.75) is 36.7 Å². The van der Waals surface area contributed by atoms with Crippen LogP contribution in [0.1, 0.15) is 45.6 Å². The lowest BCUT2D eigenvalue weighted by Gasteiger charge is -2.17. The first-order valence-electron chi connectivity index (χ1n) is 11.3. The number of carbonyl (C=O) groups excluding carboxylic acids is 2. The van der Waals surface area contributed by atoms with E-state index in [4.69, 9.17) is 0 Å². The van der Waals surface area contributed by atoms with E-state index in [-0.39, 0.29) is 27.9 Å². The molecule has 1 aliphatic rings. The van der Waals surface area contributed by atoms with Crippen LogP contribution >= 0.6 is 0 Å². The number of benzene rings is 3. The smallest absolute Gasteiger partial charge is 0.319 e. The summed E-state index contributed by atoms with van der Waals surface area (Å²) in [5.41, 5.74) is 4.16. The molecule has 0 radical (unpaired) electrons. The van der Waals surface area contributed by atoms with Crippen molar-refractivity contribution in [3.05, 3.63) is 94.5 Å². The molecule has 0 spiro atoms. The van der Waals surface area contributed by atoms with Crippen molar-refractivity contribution >= 4 is 27.5 Å². The number of rotatable bonds is 7. The Hall–Kier alpha value is -3.69. The van der Waals surface area contributed by atoms with Crippen LogP contribution in [-0.4, -0.2) is 27.4 Å². The van der Waals surface area contributed by atoms with Gasteiger partial charge in [-0.15, -0.1) is 0 Å². The Morgan fingerprint density at radius 1 is 0.971 bits per heavy atom. The quantitative estimate of drug-likeness (QED) is 0.403. The van der Waals surface area contributed by atoms with Gasteiger partial charge in [-0.2, -0.15) is 0 Å². The predicted octanol–water partition coefficient (Wildman–Crippen LogP) is 3.51. The first-order valence-corrected chi connectivity index (χ1v) is 12.9. The monoisotopic (exact) mass is 492 g/mol. The minimum absolute atomic E-state index is 0.0123. The molecule has 8 nitrogen and oxygen atoms in total. The third-order valence-electron chi connectivity index (χ3n) is 5.98. The van der Waals surface area contributed by atoms with Crippen molar-refractivity contribution in [3.8, 4) is 0 Å². The fourth-order valence-corrected chi connectivity index (χ4v) is 5.43. The Labute approximate surface area is 205 Å². The van der Waals surface area contributed by atoms with E-state index in [0.29, 0.717) is 5.56 Å². The summed E-state index contributed by atoms with van der Waals surface area (Å²) in [6.45, 7) is 3.35. The molecular weight excluding hydrogens is 464 g/mol. The van der Waals surface area contributed by atoms with Crippen molar-refractivity contribution in [2.24, 2.45) is 0 Å². The van der Waals surface area contributed by atoms with Gasteiger partial charge >= 0.3 is 6.03 Å². The van der Waals surface area contributed by atoms with Gasteiger partial charge in [0.15, 0.2) is 9.84 Å². The van der Waals surface area contributed by atoms with Gasteiger partial charge in [0.2, 0.25) is 0 Å². The zero-order valence-corrected chi connectivity index (χ0v) is 20.4. The zero-order chi connectivity index (χ0) is 25.0. The van der Waals surface area contributed by atoms with Crippen molar-refractivity contribution in [1.82, 2.24) is 16.0 Å². The number of amides is 3. The average Bonchev–Trinajstić information content (AvgIpc) is 3.32. The number of hydrogen-bond acceptors (Lipinski definition) is 5. The number of nitrogens with one attached hydrogen (secondary N) is 4. The highest BCUT2D eigenvalue weighted by atomic mass is 32.2. The highest BCUT2D eigenvalue weighted by molar-refractivity contribution is 7.90. The van der Waals surface area contributed by atoms with Crippen molar-refractivity contribution in [3.63, 3.8) is 0 Å². The van der Waals surface area contributed by atoms with E-state index in [2.05, 4.69) is 21.3 Å². The number of carbonyl (C=O) groups is 2. The summed E-state index contributed by atoms with van der Waals surface area (Å²) in [7, 11) is -2.28. The van der Waals surface area contributed by atoms with Crippen LogP contribution in [0.15, 0.2) is 71.6 Å². The van der Waals surface area contributed by atoms with Crippen LogP contribution in [0.4, 0.5) is 10.5 Å². The summed E-state index contributed by atoms with van der Waals surface area (Å²) in [4.78, 5) is 25.2. The van der Waals surface area contributed by atoms with Gasteiger partial charge in [-0.05, 0) is 47.4 Å². The molecule has 3 aromatic carbocycles. The van der Waals surface area contributed by atoms with E-state index in [1.807, 2.05) is 55.5 Å². The number of sulfone groups is 1. The van der Waals surface area contributed by atoms with E-state index in [1.54, 1.807) is 0 Å². The maximum Gasteiger partial charge on any atom is 0.319 e. The molecule has 3 amide bonds. The Kier molecular flexibility index (Phi) is 7.18. The van der Waals surface area contributed by atoms with Crippen LogP contribution in [0.5, 0.6) is 0 Å². The van der Waals surface area contributed by atoms with E-state index in [0.717, 1.165) is 24.2 Å². The normalized spacial score (nSPS) is 13.5. The van der Waals surface area contributed by atoms with Gasteiger partial charge in [-0.25, -0.2) is 13.2 Å². The molecule has 35 heavy (non-hydrogen) atoms. The second-order valence-corrected chi connectivity index (χ2v) is 10.5. The van der Waals surface area contributed by atoms with Gasteiger partial charge in [-0.1, -0.05) is 48.5 Å². The average molecular weight is 493 g/mol. The molecular formula is C26H28N4O4S. The maximum atomic E-state index is 13.2. The van der Waals surface area contributed by atoms with Gasteiger partial charge in [0, 0.05) is 20.1 Å². The molecule has 1 atom stereocenters. The summed E-state index contributed by atoms with van der Waals surface area (Å²) in [6, 6.07) is 18.5. The van der Waals surface area contributed by atoms with Gasteiger partial charge in [0.25, 0.3) is 5.91 Å². The van der Waals surface area contributed by atoms with Crippen LogP contribution < -0.4 is 21.3 Å². The van der Waals surface area contributed by atoms with Crippen molar-refractivity contribution < 1.29 is 18.0 Å². The molecule has 4 N–H and O–H groups in total. The van der Waals surface area contributed by atoms with Gasteiger partial charge in [-0.3, -0.25) is 4.79 Å². The summed E-state index contributed by atoms with van der Waals surface area (Å²) >= 11 is 0. The first-order chi connectivity index (χ1) is 16.8. The van der Waals surface area contributed by atoms with Crippen molar-refractivity contribution in [1.29, 1.82) is 0 Å². The molecule has 9 heteroatoms. The SMILES string of the molecule is CNC(=O)c1cc(S(=O)(=O)Cc2ccc3c(c2)CNC3)ccc1NC(=O)NC(C)c1ccccc1. The molecule has 0 saturated carbocycles. The molecule has 0 fully saturated rings. The molecule has 182 valence electrons. The standard InChI is InChI=1S/C26H28N4O4S/c1-17(19-6-4-3-5-7-19)29-26(32)30-24-11-10-22(13-23(24)25(31)27-2)35(33,34)16-18-8-9-20-14-28-15-21(20)12-18/h3-13,17,28H,14-16H2,1-2H3,(H,27,31)(H2,29,30,32). The highest BCUT2D eigenvalue weighted by Gasteiger charge is 2.22. The zero-order valence-electron chi connectivity index (χ0n) is 19.6. The second-order valence-electron chi connectivity index (χ2n) is 8.48. The molecule has 0 saturated heterocycles. The van der Waals surface area contributed by atoms with Gasteiger partial charge in [0.1, 0.15) is 0 Å². The third-order valence-corrected chi connectivity index (χ3v) is 7.66. The fourth-order valence-electron chi connectivity index (χ4n) is 4.07. The minimum atomic E-state index is -3.72. The van der Waals surface area contributed by atoms with Crippen LogP contribution in [0, 0.1) is 0 Å². The molecule has 0 aromatic heterocycles. The molecule has 4 rings (SSSR count). The van der Waals surface area contributed by atoms with Crippen LogP contribution in [-0.2, 0) is 28.7 Å². The van der Waals surface area contributed by atoms with E-state index < -0.39 is 21.8 Å². The lowest BCUT2D eigenvalue weighted by molar-refractivity contribution is 0.0963. The number of urea groups is 1. The Balaban J connectivity index is 1.54. The summed E-state index contributed by atoms with van der Waals surface area (Å²) < 4.78 is 26.3. The van der Waals surface area contributed by atoms with Crippen LogP contribution in [0.3, 0.4) is 0 Å². The third kappa shape index (κ3) is 5.70. The van der Waals surface area contributed by atoms with Crippen molar-refractivity contribution in [2.75, 3.05) is 12.4 Å². The molecule has 1 heterocycles. The molecule has 0 bridgehead atoms. The molecule has 0 aliphatic carbocycles. The molecule has 3 aromatic rings. The topological polar surface area (TPSA) is 116 Å². The van der Waals surface area contributed by atoms with Gasteiger partial charge < -0.3 is 21.3 Å². The summed E-state index contributed by atoms with van der Waals surface area (Å²) in [5, 5.41) is 11.2. The number of hydrogen-bond donors (Lipinski definition) is 4. The summed E-state index contributed by atoms with van der Waals surface area (Å²) in [5.74, 6) is -0.688. The molecule has 1 unspecified atom stereocenters. The van der Waals surface area contributed by atoms with E-state index in [9.17, 15) is 18.0 Å². The fraction of sp³-hybridized carbons (Fsp3) is 0.231. The van der Waals surface area contributed by atoms with Gasteiger partial charge in [0.05, 0.1) is 27.9 Å². The Morgan fingerprint density at radius 2 is 1.71 bits per heavy atom. The Bertz CT molecular complexity index is 1360. The van der Waals surface area contributed by atoms with E-state index >= 15 is 0 Å². The first kappa shape index (κ1) is 24.4. The Morgan fingerprint density at radius 3 is 2.46 bits per heavy atom. The number of anilines is 1. The lowest BCUT2D eigenvalue weighted by atomic mass is 10.1. The lowest BCUT2D eigenvalue weighted by Crippen LogP contribution is -2.32. The number of fused-ring (bicyclic) bond motifs is 1. The van der Waals surface area contributed by atoms with Crippen LogP contribution in [0.2, 0.25) is 0 Å².